The lowest BCUT2D eigenvalue weighted by molar-refractivity contribution is -0.123. The molecule has 0 aromatic heterocycles. The Morgan fingerprint density at radius 3 is 0.675 bits per heavy atom. The van der Waals surface area contributed by atoms with Gasteiger partial charge in [-0.25, -0.2) is 0 Å². The van der Waals surface area contributed by atoms with Gasteiger partial charge in [0.2, 0.25) is 59.1 Å². The summed E-state index contributed by atoms with van der Waals surface area (Å²) in [6, 6.07) is 0. The number of thioether (sulfide) groups is 4. The molecule has 0 saturated heterocycles. The summed E-state index contributed by atoms with van der Waals surface area (Å²) >= 11 is 3.49. The van der Waals surface area contributed by atoms with Crippen molar-refractivity contribution < 1.29 is 67.1 Å². The summed E-state index contributed by atoms with van der Waals surface area (Å²) in [5.74, 6) is -0.793. The first-order valence-corrected chi connectivity index (χ1v) is 29.8. The lowest BCUT2D eigenvalue weighted by Crippen LogP contribution is -2.41. The number of nitrogens with zero attached hydrogens (tertiary/aromatic N) is 3. The molecule has 0 unspecified atom stereocenters. The van der Waals surface area contributed by atoms with Crippen LogP contribution >= 0.6 is 47.0 Å². The number of hydrogen-bond acceptors (Lipinski definition) is 21. The van der Waals surface area contributed by atoms with Crippen LogP contribution in [0.2, 0.25) is 0 Å². The summed E-state index contributed by atoms with van der Waals surface area (Å²) in [6.45, 7) is 9.12. The zero-order valence-corrected chi connectivity index (χ0v) is 49.5. The number of amides is 10. The number of terminal acetylenes is 1. The summed E-state index contributed by atoms with van der Waals surface area (Å²) in [6.07, 6.45) is 5.87. The van der Waals surface area contributed by atoms with E-state index in [4.69, 9.17) is 6.42 Å². The fourth-order valence-corrected chi connectivity index (χ4v) is 8.10. The first-order valence-electron chi connectivity index (χ1n) is 25.9. The van der Waals surface area contributed by atoms with Crippen LogP contribution in [0.5, 0.6) is 0 Å². The van der Waals surface area contributed by atoms with E-state index in [0.29, 0.717) is 0 Å². The van der Waals surface area contributed by atoms with E-state index in [9.17, 15) is 67.1 Å². The van der Waals surface area contributed by atoms with Crippen molar-refractivity contribution in [1.29, 1.82) is 0 Å². The molecular weight excluding hydrogens is 1120 g/mol. The second kappa shape index (κ2) is 48.0. The minimum absolute atomic E-state index is 0.0275. The molecule has 0 rings (SSSR count). The van der Waals surface area contributed by atoms with Gasteiger partial charge < -0.3 is 63.0 Å². The van der Waals surface area contributed by atoms with E-state index >= 15 is 0 Å². The van der Waals surface area contributed by atoms with E-state index in [1.54, 1.807) is 4.90 Å². The van der Waals surface area contributed by atoms with E-state index in [0.717, 1.165) is 47.0 Å². The molecule has 10 N–H and O–H groups in total. The second-order valence-electron chi connectivity index (χ2n) is 17.3. The highest BCUT2D eigenvalue weighted by Crippen LogP contribution is 2.03. The fraction of sp³-hybridized carbons (Fsp3) is 0.673. The van der Waals surface area contributed by atoms with Gasteiger partial charge in [-0.1, -0.05) is 53.0 Å². The van der Waals surface area contributed by atoms with Crippen LogP contribution in [0.4, 0.5) is 0 Å². The van der Waals surface area contributed by atoms with Crippen molar-refractivity contribution in [2.75, 3.05) is 147 Å². The van der Waals surface area contributed by atoms with Gasteiger partial charge in [0.05, 0.1) is 29.6 Å². The molecule has 0 aromatic carbocycles. The Hall–Kier alpha value is -5.78. The molecule has 0 atom stereocenters. The third-order valence-electron chi connectivity index (χ3n) is 10.4. The molecule has 31 heteroatoms. The van der Waals surface area contributed by atoms with Crippen LogP contribution < -0.4 is 53.2 Å². The van der Waals surface area contributed by atoms with Gasteiger partial charge in [-0.15, -0.1) is 6.42 Å². The third-order valence-corrected chi connectivity index (χ3v) is 13.7. The normalized spacial score (nSPS) is 10.7. The van der Waals surface area contributed by atoms with Crippen LogP contribution in [0, 0.1) is 12.3 Å². The molecule has 0 radical (unpaired) electrons. The molecule has 10 amide bonds. The summed E-state index contributed by atoms with van der Waals surface area (Å²) in [5, 5.41) is 26.2. The van der Waals surface area contributed by atoms with Crippen molar-refractivity contribution in [3.8, 4) is 12.3 Å². The van der Waals surface area contributed by atoms with Crippen molar-refractivity contribution in [3.63, 3.8) is 0 Å². The van der Waals surface area contributed by atoms with Gasteiger partial charge in [0, 0.05) is 184 Å². The molecule has 0 spiro atoms. The van der Waals surface area contributed by atoms with Crippen molar-refractivity contribution in [2.45, 2.75) is 66.2 Å². The minimum atomic E-state index is -0.343. The van der Waals surface area contributed by atoms with E-state index in [1.807, 2.05) is 9.80 Å². The zero-order chi connectivity index (χ0) is 59.9. The molecule has 0 aliphatic carbocycles. The number of rotatable bonds is 45. The molecule has 0 bridgehead atoms. The lowest BCUT2D eigenvalue weighted by Gasteiger charge is -2.23. The number of hydrogen-bond donors (Lipinski definition) is 10. The molecule has 80 heavy (non-hydrogen) atoms. The standard InChI is InChI=1S/C49H81N13O14S4/c1-6-23-60(24-7-44(71)58-21-30-61(26-9-40(67)50-13-17-54-46(73)32-77-36(2)63)27-10-41(68)51-14-18-55-47(74)33-78-37(3)64)25-8-45(72)59-22-31-62(28-11-42(69)52-15-19-56-48(75)34-79-38(4)65)29-12-43(70)53-16-20-57-49(76)35-80-39(5)66/h1H,7-35H2,2-5H3,(H,50,67)(H,51,68)(H,52,69)(H,53,70)(H,54,73)(H,55,74)(H,56,75)(H,57,76)(H,58,71)(H,59,72). The van der Waals surface area contributed by atoms with Gasteiger partial charge in [0.1, 0.15) is 0 Å². The van der Waals surface area contributed by atoms with Crippen molar-refractivity contribution >= 4 is 127 Å². The van der Waals surface area contributed by atoms with E-state index in [2.05, 4.69) is 59.1 Å². The van der Waals surface area contributed by atoms with Crippen molar-refractivity contribution in [2.24, 2.45) is 0 Å². The van der Waals surface area contributed by atoms with Crippen LogP contribution in [-0.4, -0.2) is 242 Å². The van der Waals surface area contributed by atoms with Gasteiger partial charge in [-0.05, 0) is 0 Å². The number of carbonyl (C=O) groups excluding carboxylic acids is 14. The maximum Gasteiger partial charge on any atom is 0.230 e. The average molecular weight is 1200 g/mol. The Morgan fingerprint density at radius 2 is 0.475 bits per heavy atom. The molecule has 27 nitrogen and oxygen atoms in total. The summed E-state index contributed by atoms with van der Waals surface area (Å²) in [4.78, 5) is 174. The molecule has 0 heterocycles. The Bertz CT molecular complexity index is 1840. The highest BCUT2D eigenvalue weighted by Gasteiger charge is 2.16. The van der Waals surface area contributed by atoms with Crippen LogP contribution in [0.25, 0.3) is 0 Å². The molecule has 0 aromatic rings. The Kier molecular flexibility index (Phi) is 44.5. The Labute approximate surface area is 485 Å². The number of carbonyl (C=O) groups is 14. The van der Waals surface area contributed by atoms with E-state index in [-0.39, 0.29) is 265 Å². The van der Waals surface area contributed by atoms with E-state index < -0.39 is 0 Å². The molecule has 450 valence electrons. The molecule has 0 saturated carbocycles. The van der Waals surface area contributed by atoms with Crippen LogP contribution in [0.15, 0.2) is 0 Å². The van der Waals surface area contributed by atoms with Crippen molar-refractivity contribution in [1.82, 2.24) is 67.9 Å². The van der Waals surface area contributed by atoms with Gasteiger partial charge in [0.15, 0.2) is 20.5 Å². The van der Waals surface area contributed by atoms with Gasteiger partial charge in [0.25, 0.3) is 0 Å². The summed E-state index contributed by atoms with van der Waals surface area (Å²) < 4.78 is 0. The quantitative estimate of drug-likeness (QED) is 0.0206. The van der Waals surface area contributed by atoms with Gasteiger partial charge in [-0.3, -0.25) is 72.0 Å². The monoisotopic (exact) mass is 1200 g/mol. The SMILES string of the molecule is C#CCN(CCC(=O)NCCN(CCC(=O)NCCNC(=O)CSC(C)=O)CCC(=O)NCCNC(=O)CSC(C)=O)CCC(=O)NCCN(CCC(=O)NCCNC(=O)CSC(C)=O)CCC(=O)NCCNC(=O)CSC(C)=O. The first kappa shape index (κ1) is 74.2. The smallest absolute Gasteiger partial charge is 0.230 e. The topological polar surface area (TPSA) is 369 Å². The van der Waals surface area contributed by atoms with Crippen LogP contribution in [-0.2, 0) is 67.1 Å². The Morgan fingerprint density at radius 1 is 0.287 bits per heavy atom. The molecular formula is C49H81N13O14S4. The first-order chi connectivity index (χ1) is 38.1. The van der Waals surface area contributed by atoms with Crippen molar-refractivity contribution in [3.05, 3.63) is 0 Å². The molecule has 0 fully saturated rings. The maximum absolute atomic E-state index is 13.0. The predicted octanol–water partition coefficient (Wildman–Crippen LogP) is -3.85. The van der Waals surface area contributed by atoms with Crippen LogP contribution in [0.3, 0.4) is 0 Å². The largest absolute Gasteiger partial charge is 0.355 e. The highest BCUT2D eigenvalue weighted by atomic mass is 32.2. The second-order valence-corrected chi connectivity index (χ2v) is 21.9. The number of nitrogens with one attached hydrogen (secondary N) is 10. The average Bonchev–Trinajstić information content (AvgIpc) is 3.40. The van der Waals surface area contributed by atoms with E-state index in [1.165, 1.54) is 27.7 Å². The predicted molar refractivity (Wildman–Crippen MR) is 309 cm³/mol. The molecule has 0 aliphatic rings. The lowest BCUT2D eigenvalue weighted by atomic mass is 10.3. The maximum atomic E-state index is 13.0. The minimum Gasteiger partial charge on any atom is -0.355 e. The molecule has 0 aliphatic heterocycles. The van der Waals surface area contributed by atoms with Gasteiger partial charge >= 0.3 is 0 Å². The summed E-state index contributed by atoms with van der Waals surface area (Å²) in [7, 11) is 0. The van der Waals surface area contributed by atoms with Gasteiger partial charge in [-0.2, -0.15) is 0 Å². The highest BCUT2D eigenvalue weighted by molar-refractivity contribution is 8.14. The van der Waals surface area contributed by atoms with Crippen LogP contribution in [0.1, 0.15) is 66.2 Å². The fourth-order valence-electron chi connectivity index (χ4n) is 6.35. The Balaban J connectivity index is 5.23. The zero-order valence-electron chi connectivity index (χ0n) is 46.3. The third kappa shape index (κ3) is 48.2. The summed E-state index contributed by atoms with van der Waals surface area (Å²) in [5.41, 5.74) is 0.